The number of ether oxygens (including phenoxy) is 3. The predicted octanol–water partition coefficient (Wildman–Crippen LogP) is 3.17. The molecule has 0 spiro atoms. The summed E-state index contributed by atoms with van der Waals surface area (Å²) in [5, 5.41) is 1.91. The average molecular weight is 385 g/mol. The van der Waals surface area contributed by atoms with Crippen LogP contribution < -0.4 is 9.47 Å². The van der Waals surface area contributed by atoms with Crippen molar-refractivity contribution in [2.45, 2.75) is 13.2 Å². The van der Waals surface area contributed by atoms with Crippen molar-refractivity contribution in [3.63, 3.8) is 0 Å². The fourth-order valence-corrected chi connectivity index (χ4v) is 2.79. The highest BCUT2D eigenvalue weighted by atomic mass is 32.1. The molecule has 1 aromatic heterocycles. The van der Waals surface area contributed by atoms with Crippen LogP contribution >= 0.6 is 11.3 Å². The van der Waals surface area contributed by atoms with Crippen LogP contribution in [0.25, 0.3) is 0 Å². The van der Waals surface area contributed by atoms with Crippen LogP contribution in [0.2, 0.25) is 0 Å². The van der Waals surface area contributed by atoms with E-state index in [1.807, 2.05) is 17.5 Å². The third-order valence-electron chi connectivity index (χ3n) is 3.34. The van der Waals surface area contributed by atoms with Gasteiger partial charge in [-0.15, -0.1) is 11.3 Å². The summed E-state index contributed by atoms with van der Waals surface area (Å²) in [6.45, 7) is -3.03. The molecule has 2 aromatic rings. The number of esters is 1. The molecule has 0 saturated carbocycles. The maximum Gasteiger partial charge on any atom is 0.387 e. The lowest BCUT2D eigenvalue weighted by atomic mass is 10.2. The lowest BCUT2D eigenvalue weighted by Gasteiger charge is -2.16. The number of carbonyl (C=O) groups excluding carboxylic acids is 2. The van der Waals surface area contributed by atoms with Crippen LogP contribution in [0.3, 0.4) is 0 Å². The summed E-state index contributed by atoms with van der Waals surface area (Å²) >= 11 is 1.52. The molecule has 0 N–H and O–H groups in total. The van der Waals surface area contributed by atoms with E-state index in [0.29, 0.717) is 6.54 Å². The molecule has 2 rings (SSSR count). The number of amides is 1. The molecule has 1 heterocycles. The van der Waals surface area contributed by atoms with E-state index >= 15 is 0 Å². The molecule has 1 amide bonds. The molecule has 1 aromatic carbocycles. The van der Waals surface area contributed by atoms with Crippen molar-refractivity contribution in [3.8, 4) is 11.5 Å². The van der Waals surface area contributed by atoms with Gasteiger partial charge in [0, 0.05) is 11.9 Å². The highest BCUT2D eigenvalue weighted by Gasteiger charge is 2.17. The van der Waals surface area contributed by atoms with Gasteiger partial charge in [0.25, 0.3) is 5.91 Å². The van der Waals surface area contributed by atoms with Crippen LogP contribution in [0.1, 0.15) is 15.2 Å². The number of halogens is 2. The first-order valence-electron chi connectivity index (χ1n) is 7.47. The third kappa shape index (κ3) is 5.41. The number of methoxy groups -OCH3 is 1. The van der Waals surface area contributed by atoms with Gasteiger partial charge < -0.3 is 19.1 Å². The standard InChI is InChI=1S/C17H17F2NO5S/c1-20(9-12-4-3-7-26-12)15(21)10-24-16(22)11-5-6-13(25-17(18)19)14(8-11)23-2/h3-8,17H,9-10H2,1-2H3. The Bertz CT molecular complexity index is 752. The number of alkyl halides is 2. The molecule has 0 unspecified atom stereocenters. The average Bonchev–Trinajstić information content (AvgIpc) is 3.12. The van der Waals surface area contributed by atoms with Crippen molar-refractivity contribution in [2.24, 2.45) is 0 Å². The summed E-state index contributed by atoms with van der Waals surface area (Å²) in [5.41, 5.74) is 0.0529. The zero-order chi connectivity index (χ0) is 19.1. The second-order valence-corrected chi connectivity index (χ2v) is 6.18. The van der Waals surface area contributed by atoms with E-state index in [2.05, 4.69) is 4.74 Å². The highest BCUT2D eigenvalue weighted by molar-refractivity contribution is 7.09. The van der Waals surface area contributed by atoms with Gasteiger partial charge in [-0.25, -0.2) is 4.79 Å². The smallest absolute Gasteiger partial charge is 0.387 e. The quantitative estimate of drug-likeness (QED) is 0.653. The van der Waals surface area contributed by atoms with Crippen molar-refractivity contribution in [3.05, 3.63) is 46.2 Å². The zero-order valence-electron chi connectivity index (χ0n) is 14.1. The van der Waals surface area contributed by atoms with Crippen LogP contribution in [-0.2, 0) is 16.1 Å². The number of likely N-dealkylation sites (N-methyl/N-ethyl adjacent to an activating group) is 1. The van der Waals surface area contributed by atoms with Crippen molar-refractivity contribution in [2.75, 3.05) is 20.8 Å². The number of rotatable bonds is 8. The molecule has 0 aliphatic rings. The Morgan fingerprint density at radius 2 is 2.00 bits per heavy atom. The van der Waals surface area contributed by atoms with E-state index in [-0.39, 0.29) is 23.0 Å². The molecule has 26 heavy (non-hydrogen) atoms. The summed E-state index contributed by atoms with van der Waals surface area (Å²) in [5.74, 6) is -1.38. The van der Waals surface area contributed by atoms with E-state index in [1.165, 1.54) is 41.5 Å². The first-order chi connectivity index (χ1) is 12.4. The number of thiophene rings is 1. The molecule has 0 aliphatic carbocycles. The minimum absolute atomic E-state index is 0.0408. The molecule has 0 bridgehead atoms. The fraction of sp³-hybridized carbons (Fsp3) is 0.294. The highest BCUT2D eigenvalue weighted by Crippen LogP contribution is 2.29. The van der Waals surface area contributed by atoms with Crippen LogP contribution in [0, 0.1) is 0 Å². The molecule has 140 valence electrons. The van der Waals surface area contributed by atoms with E-state index in [4.69, 9.17) is 9.47 Å². The van der Waals surface area contributed by atoms with E-state index in [9.17, 15) is 18.4 Å². The Morgan fingerprint density at radius 1 is 1.23 bits per heavy atom. The summed E-state index contributed by atoms with van der Waals surface area (Å²) in [4.78, 5) is 26.5. The zero-order valence-corrected chi connectivity index (χ0v) is 14.9. The van der Waals surface area contributed by atoms with Gasteiger partial charge in [-0.2, -0.15) is 8.78 Å². The fourth-order valence-electron chi connectivity index (χ4n) is 2.03. The van der Waals surface area contributed by atoms with E-state index < -0.39 is 19.2 Å². The molecule has 0 fully saturated rings. The van der Waals surface area contributed by atoms with Gasteiger partial charge in [-0.3, -0.25) is 4.79 Å². The van der Waals surface area contributed by atoms with E-state index in [0.717, 1.165) is 4.88 Å². The minimum Gasteiger partial charge on any atom is -0.493 e. The first kappa shape index (κ1) is 19.6. The van der Waals surface area contributed by atoms with Crippen LogP contribution in [0.15, 0.2) is 35.7 Å². The van der Waals surface area contributed by atoms with Gasteiger partial charge in [0.1, 0.15) is 0 Å². The van der Waals surface area contributed by atoms with Crippen LogP contribution in [-0.4, -0.2) is 44.2 Å². The van der Waals surface area contributed by atoms with Gasteiger partial charge in [-0.1, -0.05) is 6.07 Å². The van der Waals surface area contributed by atoms with E-state index in [1.54, 1.807) is 7.05 Å². The van der Waals surface area contributed by atoms with Crippen LogP contribution in [0.4, 0.5) is 8.78 Å². The Labute approximate surface area is 152 Å². The van der Waals surface area contributed by atoms with Crippen LogP contribution in [0.5, 0.6) is 11.5 Å². The van der Waals surface area contributed by atoms with Gasteiger partial charge in [0.05, 0.1) is 19.2 Å². The summed E-state index contributed by atoms with van der Waals surface area (Å²) in [6, 6.07) is 7.41. The van der Waals surface area contributed by atoms with Gasteiger partial charge in [0.2, 0.25) is 0 Å². The first-order valence-corrected chi connectivity index (χ1v) is 8.35. The molecule has 0 radical (unpaired) electrons. The Hall–Kier alpha value is -2.68. The molecule has 6 nitrogen and oxygen atoms in total. The lowest BCUT2D eigenvalue weighted by Crippen LogP contribution is -2.30. The van der Waals surface area contributed by atoms with Crippen molar-refractivity contribution in [1.29, 1.82) is 0 Å². The molecular formula is C17H17F2NO5S. The largest absolute Gasteiger partial charge is 0.493 e. The molecule has 0 atom stereocenters. The van der Waals surface area contributed by atoms with Crippen molar-refractivity contribution in [1.82, 2.24) is 4.90 Å². The number of benzene rings is 1. The Morgan fingerprint density at radius 3 is 2.62 bits per heavy atom. The third-order valence-corrected chi connectivity index (χ3v) is 4.20. The maximum atomic E-state index is 12.3. The SMILES string of the molecule is COc1cc(C(=O)OCC(=O)N(C)Cc2cccs2)ccc1OC(F)F. The molecule has 9 heteroatoms. The minimum atomic E-state index is -3.02. The topological polar surface area (TPSA) is 65.1 Å². The number of hydrogen-bond acceptors (Lipinski definition) is 6. The summed E-state index contributed by atoms with van der Waals surface area (Å²) < 4.78 is 38.8. The van der Waals surface area contributed by atoms with Gasteiger partial charge in [-0.05, 0) is 29.6 Å². The molecular weight excluding hydrogens is 368 g/mol. The second-order valence-electron chi connectivity index (χ2n) is 5.15. The monoisotopic (exact) mass is 385 g/mol. The second kappa shape index (κ2) is 9.14. The summed E-state index contributed by atoms with van der Waals surface area (Å²) in [7, 11) is 2.86. The van der Waals surface area contributed by atoms with Gasteiger partial charge in [0.15, 0.2) is 18.1 Å². The molecule has 0 saturated heterocycles. The Kier molecular flexibility index (Phi) is 6.90. The Balaban J connectivity index is 1.93. The number of carbonyl (C=O) groups is 2. The molecule has 0 aliphatic heterocycles. The maximum absolute atomic E-state index is 12.3. The lowest BCUT2D eigenvalue weighted by molar-refractivity contribution is -0.133. The normalized spacial score (nSPS) is 10.5. The predicted molar refractivity (Wildman–Crippen MR) is 90.7 cm³/mol. The summed E-state index contributed by atoms with van der Waals surface area (Å²) in [6.07, 6.45) is 0. The van der Waals surface area contributed by atoms with Crippen molar-refractivity contribution < 1.29 is 32.6 Å². The van der Waals surface area contributed by atoms with Crippen molar-refractivity contribution >= 4 is 23.2 Å². The van der Waals surface area contributed by atoms with Gasteiger partial charge >= 0.3 is 12.6 Å². The number of nitrogens with zero attached hydrogens (tertiary/aromatic N) is 1. The number of hydrogen-bond donors (Lipinski definition) is 0.